The fraction of sp³-hybridized carbons (Fsp3) is 0.148. The monoisotopic (exact) mass is 593 g/mol. The van der Waals surface area contributed by atoms with Gasteiger partial charge in [0.15, 0.2) is 0 Å². The highest BCUT2D eigenvalue weighted by Crippen LogP contribution is 2.32. The molecule has 4 rings (SSSR count). The summed E-state index contributed by atoms with van der Waals surface area (Å²) in [5, 5.41) is 16.5. The number of carboxylic acid groups (broad SMARTS) is 1. The molecule has 0 atom stereocenters. The molecule has 4 aromatic rings. The summed E-state index contributed by atoms with van der Waals surface area (Å²) >= 11 is 12.3. The number of carboxylic acids is 1. The number of carbonyl (C=O) groups excluding carboxylic acids is 1. The minimum Gasteiger partial charge on any atom is -0.481 e. The quantitative estimate of drug-likeness (QED) is 0.217. The molecule has 0 saturated carbocycles. The SMILES string of the molecule is O=C(O)CCNC(=O)c1ccc(COc2cc(-c3cc(Cl)cc(Cl)c3)nn2-c2ccc(OC(F)(F)F)cc2)cc1. The zero-order valence-corrected chi connectivity index (χ0v) is 21.9. The number of amides is 1. The lowest BCUT2D eigenvalue weighted by Crippen LogP contribution is -2.25. The van der Waals surface area contributed by atoms with E-state index >= 15 is 0 Å². The number of ether oxygens (including phenoxy) is 2. The molecule has 0 saturated heterocycles. The van der Waals surface area contributed by atoms with Gasteiger partial charge in [-0.15, -0.1) is 13.2 Å². The lowest BCUT2D eigenvalue weighted by atomic mass is 10.1. The van der Waals surface area contributed by atoms with Gasteiger partial charge in [-0.25, -0.2) is 4.68 Å². The molecule has 3 aromatic carbocycles. The normalized spacial score (nSPS) is 11.2. The number of alkyl halides is 3. The van der Waals surface area contributed by atoms with E-state index in [0.29, 0.717) is 38.1 Å². The van der Waals surface area contributed by atoms with Crippen LogP contribution in [0.5, 0.6) is 11.6 Å². The molecule has 0 fully saturated rings. The first kappa shape index (κ1) is 28.8. The number of hydrogen-bond donors (Lipinski definition) is 2. The Labute approximate surface area is 235 Å². The molecule has 0 aliphatic rings. The summed E-state index contributed by atoms with van der Waals surface area (Å²) in [7, 11) is 0. The summed E-state index contributed by atoms with van der Waals surface area (Å²) in [6.07, 6.45) is -5.01. The van der Waals surface area contributed by atoms with E-state index in [1.54, 1.807) is 48.5 Å². The number of carbonyl (C=O) groups is 2. The summed E-state index contributed by atoms with van der Waals surface area (Å²) < 4.78 is 49.1. The Morgan fingerprint density at radius 3 is 2.20 bits per heavy atom. The van der Waals surface area contributed by atoms with Gasteiger partial charge in [-0.1, -0.05) is 35.3 Å². The summed E-state index contributed by atoms with van der Waals surface area (Å²) in [4.78, 5) is 22.8. The number of aromatic nitrogens is 2. The Hall–Kier alpha value is -4.22. The van der Waals surface area contributed by atoms with Crippen molar-refractivity contribution in [2.45, 2.75) is 19.4 Å². The van der Waals surface area contributed by atoms with Gasteiger partial charge in [0.2, 0.25) is 5.88 Å². The van der Waals surface area contributed by atoms with Gasteiger partial charge in [0.25, 0.3) is 5.91 Å². The fourth-order valence-corrected chi connectivity index (χ4v) is 4.10. The molecule has 0 spiro atoms. The Kier molecular flexibility index (Phi) is 8.86. The highest BCUT2D eigenvalue weighted by atomic mass is 35.5. The average molecular weight is 594 g/mol. The summed E-state index contributed by atoms with van der Waals surface area (Å²) in [6.45, 7) is 0.0735. The zero-order valence-electron chi connectivity index (χ0n) is 20.4. The van der Waals surface area contributed by atoms with Gasteiger partial charge in [0.1, 0.15) is 12.4 Å². The van der Waals surface area contributed by atoms with Crippen molar-refractivity contribution in [1.29, 1.82) is 0 Å². The van der Waals surface area contributed by atoms with Crippen molar-refractivity contribution in [1.82, 2.24) is 15.1 Å². The predicted octanol–water partition coefficient (Wildman–Crippen LogP) is 6.53. The van der Waals surface area contributed by atoms with Crippen molar-refractivity contribution >= 4 is 35.1 Å². The molecule has 0 radical (unpaired) electrons. The first-order chi connectivity index (χ1) is 19.0. The minimum atomic E-state index is -4.82. The van der Waals surface area contributed by atoms with Gasteiger partial charge in [-0.05, 0) is 60.2 Å². The molecular formula is C27H20Cl2F3N3O5. The van der Waals surface area contributed by atoms with E-state index in [2.05, 4.69) is 15.2 Å². The Bertz CT molecular complexity index is 1490. The van der Waals surface area contributed by atoms with E-state index in [0.717, 1.165) is 12.1 Å². The maximum absolute atomic E-state index is 12.6. The molecule has 1 amide bonds. The maximum Gasteiger partial charge on any atom is 0.573 e. The molecule has 208 valence electrons. The number of rotatable bonds is 10. The van der Waals surface area contributed by atoms with E-state index in [1.807, 2.05) is 0 Å². The highest BCUT2D eigenvalue weighted by molar-refractivity contribution is 6.35. The van der Waals surface area contributed by atoms with Gasteiger partial charge in [0, 0.05) is 33.8 Å². The van der Waals surface area contributed by atoms with Gasteiger partial charge < -0.3 is 19.9 Å². The molecule has 40 heavy (non-hydrogen) atoms. The second kappa shape index (κ2) is 12.3. The van der Waals surface area contributed by atoms with Crippen molar-refractivity contribution in [2.75, 3.05) is 6.54 Å². The molecule has 0 aliphatic heterocycles. The van der Waals surface area contributed by atoms with E-state index in [1.165, 1.54) is 16.8 Å². The van der Waals surface area contributed by atoms with Crippen molar-refractivity contribution in [3.8, 4) is 28.6 Å². The van der Waals surface area contributed by atoms with Crippen LogP contribution >= 0.6 is 23.2 Å². The van der Waals surface area contributed by atoms with Crippen LogP contribution in [0.4, 0.5) is 13.2 Å². The van der Waals surface area contributed by atoms with Crippen LogP contribution in [0.25, 0.3) is 16.9 Å². The largest absolute Gasteiger partial charge is 0.573 e. The molecule has 0 aliphatic carbocycles. The molecule has 0 bridgehead atoms. The van der Waals surface area contributed by atoms with Crippen LogP contribution < -0.4 is 14.8 Å². The van der Waals surface area contributed by atoms with Crippen LogP contribution in [0.3, 0.4) is 0 Å². The predicted molar refractivity (Wildman–Crippen MR) is 141 cm³/mol. The Morgan fingerprint density at radius 2 is 1.60 bits per heavy atom. The summed E-state index contributed by atoms with van der Waals surface area (Å²) in [5.41, 5.74) is 2.49. The molecule has 1 heterocycles. The first-order valence-electron chi connectivity index (χ1n) is 11.6. The summed E-state index contributed by atoms with van der Waals surface area (Å²) in [5.74, 6) is -1.54. The van der Waals surface area contributed by atoms with Crippen LogP contribution in [0.1, 0.15) is 22.3 Å². The minimum absolute atomic E-state index is 0.00645. The number of nitrogens with zero attached hydrogens (tertiary/aromatic N) is 2. The number of nitrogens with one attached hydrogen (secondary N) is 1. The topological polar surface area (TPSA) is 103 Å². The number of aliphatic carboxylic acids is 1. The number of halogens is 5. The van der Waals surface area contributed by atoms with Crippen molar-refractivity contribution in [2.24, 2.45) is 0 Å². The van der Waals surface area contributed by atoms with Crippen LogP contribution in [0, 0.1) is 0 Å². The van der Waals surface area contributed by atoms with Gasteiger partial charge in [-0.2, -0.15) is 5.10 Å². The summed E-state index contributed by atoms with van der Waals surface area (Å²) in [6, 6.07) is 18.1. The van der Waals surface area contributed by atoms with Gasteiger partial charge in [-0.3, -0.25) is 9.59 Å². The number of benzene rings is 3. The van der Waals surface area contributed by atoms with Gasteiger partial charge in [0.05, 0.1) is 17.8 Å². The smallest absolute Gasteiger partial charge is 0.481 e. The maximum atomic E-state index is 12.6. The third-order valence-corrected chi connectivity index (χ3v) is 5.81. The van der Waals surface area contributed by atoms with Crippen molar-refractivity contribution < 1.29 is 37.3 Å². The Balaban J connectivity index is 1.56. The van der Waals surface area contributed by atoms with Crippen LogP contribution in [0.15, 0.2) is 72.8 Å². The first-order valence-corrected chi connectivity index (χ1v) is 12.4. The average Bonchev–Trinajstić information content (AvgIpc) is 3.31. The molecule has 0 unspecified atom stereocenters. The molecular weight excluding hydrogens is 574 g/mol. The lowest BCUT2D eigenvalue weighted by Gasteiger charge is -2.12. The number of hydrogen-bond acceptors (Lipinski definition) is 5. The van der Waals surface area contributed by atoms with Gasteiger partial charge >= 0.3 is 12.3 Å². The molecule has 1 aromatic heterocycles. The standard InChI is InChI=1S/C27H20Cl2F3N3O5/c28-19-11-18(12-20(29)13-19)23-14-24(35(34-23)21-5-7-22(8-6-21)40-27(30,31)32)39-15-16-1-3-17(4-2-16)26(38)33-10-9-25(36)37/h1-8,11-14H,9-10,15H2,(H,33,38)(H,36,37). The third kappa shape index (κ3) is 7.90. The van der Waals surface area contributed by atoms with E-state index in [4.69, 9.17) is 33.0 Å². The second-order valence-electron chi connectivity index (χ2n) is 8.36. The van der Waals surface area contributed by atoms with Crippen LogP contribution in [-0.4, -0.2) is 39.7 Å². The lowest BCUT2D eigenvalue weighted by molar-refractivity contribution is -0.274. The fourth-order valence-electron chi connectivity index (χ4n) is 3.58. The van der Waals surface area contributed by atoms with Crippen molar-refractivity contribution in [3.05, 3.63) is 94.0 Å². The molecule has 2 N–H and O–H groups in total. The highest BCUT2D eigenvalue weighted by Gasteiger charge is 2.31. The molecule has 13 heteroatoms. The third-order valence-electron chi connectivity index (χ3n) is 5.38. The van der Waals surface area contributed by atoms with Crippen LogP contribution in [0.2, 0.25) is 10.0 Å². The molecule has 8 nitrogen and oxygen atoms in total. The van der Waals surface area contributed by atoms with Crippen LogP contribution in [-0.2, 0) is 11.4 Å². The zero-order chi connectivity index (χ0) is 28.9. The van der Waals surface area contributed by atoms with E-state index < -0.39 is 18.2 Å². The van der Waals surface area contributed by atoms with Crippen molar-refractivity contribution in [3.63, 3.8) is 0 Å². The van der Waals surface area contributed by atoms with E-state index in [-0.39, 0.29) is 31.2 Å². The second-order valence-corrected chi connectivity index (χ2v) is 9.24. The van der Waals surface area contributed by atoms with E-state index in [9.17, 15) is 22.8 Å². The Morgan fingerprint density at radius 1 is 0.950 bits per heavy atom.